The third-order valence-corrected chi connectivity index (χ3v) is 4.29. The molecular weight excluding hydrogens is 422 g/mol. The number of halogens is 1. The van der Waals surface area contributed by atoms with Crippen LogP contribution < -0.4 is 5.32 Å². The van der Waals surface area contributed by atoms with E-state index < -0.39 is 0 Å². The average molecular weight is 442 g/mol. The Kier molecular flexibility index (Phi) is 6.26. The van der Waals surface area contributed by atoms with Crippen molar-refractivity contribution in [3.05, 3.63) is 82.1 Å². The van der Waals surface area contributed by atoms with E-state index in [1.165, 1.54) is 0 Å². The van der Waals surface area contributed by atoms with Crippen molar-refractivity contribution in [2.75, 3.05) is 5.32 Å². The van der Waals surface area contributed by atoms with Crippen LogP contribution in [0.15, 0.2) is 65.4 Å². The molecule has 28 heavy (non-hydrogen) atoms. The maximum atomic E-state index is 12.4. The number of nitrogens with zero attached hydrogens (tertiary/aromatic N) is 2. The van der Waals surface area contributed by atoms with E-state index in [4.69, 9.17) is 4.74 Å². The van der Waals surface area contributed by atoms with Crippen LogP contribution in [0.4, 0.5) is 5.69 Å². The Morgan fingerprint density at radius 1 is 1.07 bits per heavy atom. The molecule has 3 aromatic rings. The zero-order chi connectivity index (χ0) is 20.1. The standard InChI is InChI=1S/C21H20BrN3O3/c1-14(2)28-21(27)17-7-9-19(10-8-17)24-20(26)16-5-3-15(4-6-16)12-25-13-18(22)11-23-25/h3-11,13-14H,12H2,1-2H3,(H,24,26). The summed E-state index contributed by atoms with van der Waals surface area (Å²) in [6, 6.07) is 14.0. The quantitative estimate of drug-likeness (QED) is 0.571. The number of hydrogen-bond donors (Lipinski definition) is 1. The Hall–Kier alpha value is -2.93. The fourth-order valence-corrected chi connectivity index (χ4v) is 2.88. The summed E-state index contributed by atoms with van der Waals surface area (Å²) in [6.07, 6.45) is 3.45. The number of ether oxygens (including phenoxy) is 1. The molecule has 3 rings (SSSR count). The van der Waals surface area contributed by atoms with Crippen LogP contribution in [0.25, 0.3) is 0 Å². The first-order chi connectivity index (χ1) is 13.4. The second kappa shape index (κ2) is 8.84. The third kappa shape index (κ3) is 5.29. The van der Waals surface area contributed by atoms with Gasteiger partial charge in [0.1, 0.15) is 0 Å². The van der Waals surface area contributed by atoms with E-state index in [2.05, 4.69) is 26.3 Å². The zero-order valence-corrected chi connectivity index (χ0v) is 17.1. The van der Waals surface area contributed by atoms with Crippen molar-refractivity contribution in [2.45, 2.75) is 26.5 Å². The summed E-state index contributed by atoms with van der Waals surface area (Å²) >= 11 is 3.37. The highest BCUT2D eigenvalue weighted by Gasteiger charge is 2.10. The van der Waals surface area contributed by atoms with Crippen molar-refractivity contribution in [1.29, 1.82) is 0 Å². The molecule has 0 aliphatic rings. The molecule has 0 saturated carbocycles. The van der Waals surface area contributed by atoms with Gasteiger partial charge in [0.05, 0.1) is 28.9 Å². The number of hydrogen-bond acceptors (Lipinski definition) is 4. The highest BCUT2D eigenvalue weighted by atomic mass is 79.9. The molecule has 1 N–H and O–H groups in total. The number of nitrogens with one attached hydrogen (secondary N) is 1. The lowest BCUT2D eigenvalue weighted by Crippen LogP contribution is -2.13. The van der Waals surface area contributed by atoms with E-state index in [1.54, 1.807) is 56.4 Å². The molecule has 0 unspecified atom stereocenters. The second-order valence-electron chi connectivity index (χ2n) is 6.54. The first-order valence-corrected chi connectivity index (χ1v) is 9.59. The van der Waals surface area contributed by atoms with Crippen molar-refractivity contribution in [3.63, 3.8) is 0 Å². The number of carbonyl (C=O) groups is 2. The molecule has 0 fully saturated rings. The van der Waals surface area contributed by atoms with Gasteiger partial charge in [0.15, 0.2) is 0 Å². The Morgan fingerprint density at radius 2 is 1.71 bits per heavy atom. The smallest absolute Gasteiger partial charge is 0.338 e. The van der Waals surface area contributed by atoms with Crippen LogP contribution in [-0.2, 0) is 11.3 Å². The van der Waals surface area contributed by atoms with Gasteiger partial charge in [-0.15, -0.1) is 0 Å². The minimum Gasteiger partial charge on any atom is -0.459 e. The minimum atomic E-state index is -0.382. The molecule has 0 aliphatic heterocycles. The fraction of sp³-hybridized carbons (Fsp3) is 0.190. The van der Waals surface area contributed by atoms with Crippen LogP contribution in [-0.4, -0.2) is 27.8 Å². The maximum absolute atomic E-state index is 12.4. The molecule has 0 radical (unpaired) electrons. The first kappa shape index (κ1) is 19.8. The highest BCUT2D eigenvalue weighted by Crippen LogP contribution is 2.14. The van der Waals surface area contributed by atoms with Crippen LogP contribution in [0.3, 0.4) is 0 Å². The zero-order valence-electron chi connectivity index (χ0n) is 15.6. The summed E-state index contributed by atoms with van der Waals surface area (Å²) in [4.78, 5) is 24.3. The maximum Gasteiger partial charge on any atom is 0.338 e. The Bertz CT molecular complexity index is 963. The van der Waals surface area contributed by atoms with Gasteiger partial charge in [0.2, 0.25) is 0 Å². The van der Waals surface area contributed by atoms with Crippen LogP contribution in [0, 0.1) is 0 Å². The van der Waals surface area contributed by atoms with Crippen molar-refractivity contribution in [2.24, 2.45) is 0 Å². The monoisotopic (exact) mass is 441 g/mol. The molecule has 0 atom stereocenters. The number of aromatic nitrogens is 2. The largest absolute Gasteiger partial charge is 0.459 e. The molecule has 7 heteroatoms. The third-order valence-electron chi connectivity index (χ3n) is 3.88. The normalized spacial score (nSPS) is 10.7. The molecule has 1 amide bonds. The Balaban J connectivity index is 1.60. The topological polar surface area (TPSA) is 73.2 Å². The van der Waals surface area contributed by atoms with Crippen LogP contribution >= 0.6 is 15.9 Å². The van der Waals surface area contributed by atoms with E-state index >= 15 is 0 Å². The van der Waals surface area contributed by atoms with E-state index in [-0.39, 0.29) is 18.0 Å². The van der Waals surface area contributed by atoms with Gasteiger partial charge in [0.25, 0.3) is 5.91 Å². The van der Waals surface area contributed by atoms with Crippen molar-refractivity contribution < 1.29 is 14.3 Å². The number of carbonyl (C=O) groups excluding carboxylic acids is 2. The molecule has 2 aromatic carbocycles. The summed E-state index contributed by atoms with van der Waals surface area (Å²) in [5, 5.41) is 7.04. The van der Waals surface area contributed by atoms with Gasteiger partial charge in [-0.2, -0.15) is 5.10 Å². The van der Waals surface area contributed by atoms with E-state index in [0.29, 0.717) is 23.4 Å². The molecule has 1 aromatic heterocycles. The number of amides is 1. The highest BCUT2D eigenvalue weighted by molar-refractivity contribution is 9.10. The van der Waals surface area contributed by atoms with E-state index in [9.17, 15) is 9.59 Å². The SMILES string of the molecule is CC(C)OC(=O)c1ccc(NC(=O)c2ccc(Cn3cc(Br)cn3)cc2)cc1. The number of anilines is 1. The minimum absolute atomic E-state index is 0.176. The van der Waals surface area contributed by atoms with E-state index in [0.717, 1.165) is 10.0 Å². The van der Waals surface area contributed by atoms with Crippen molar-refractivity contribution in [3.8, 4) is 0 Å². The molecule has 144 valence electrons. The molecular formula is C21H20BrN3O3. The van der Waals surface area contributed by atoms with Gasteiger partial charge in [-0.25, -0.2) is 4.79 Å². The van der Waals surface area contributed by atoms with Crippen LogP contribution in [0.5, 0.6) is 0 Å². The lowest BCUT2D eigenvalue weighted by molar-refractivity contribution is 0.0378. The summed E-state index contributed by atoms with van der Waals surface area (Å²) in [5.74, 6) is -0.599. The van der Waals surface area contributed by atoms with Gasteiger partial charge in [-0.05, 0) is 71.7 Å². The van der Waals surface area contributed by atoms with Crippen molar-refractivity contribution >= 4 is 33.5 Å². The number of rotatable bonds is 6. The van der Waals surface area contributed by atoms with Crippen LogP contribution in [0.2, 0.25) is 0 Å². The van der Waals surface area contributed by atoms with E-state index in [1.807, 2.05) is 23.0 Å². The number of esters is 1. The van der Waals surface area contributed by atoms with Gasteiger partial charge in [-0.1, -0.05) is 12.1 Å². The molecule has 0 saturated heterocycles. The lowest BCUT2D eigenvalue weighted by Gasteiger charge is -2.09. The molecule has 0 aliphatic carbocycles. The van der Waals surface area contributed by atoms with Gasteiger partial charge >= 0.3 is 5.97 Å². The Labute approximate surface area is 171 Å². The Morgan fingerprint density at radius 3 is 2.29 bits per heavy atom. The molecule has 0 bridgehead atoms. The van der Waals surface area contributed by atoms with Crippen LogP contribution in [0.1, 0.15) is 40.1 Å². The lowest BCUT2D eigenvalue weighted by atomic mass is 10.1. The van der Waals surface area contributed by atoms with Gasteiger partial charge in [0, 0.05) is 17.4 Å². The second-order valence-corrected chi connectivity index (χ2v) is 7.45. The van der Waals surface area contributed by atoms with Crippen molar-refractivity contribution in [1.82, 2.24) is 9.78 Å². The summed E-state index contributed by atoms with van der Waals surface area (Å²) in [5.41, 5.74) is 2.65. The average Bonchev–Trinajstić information content (AvgIpc) is 3.07. The molecule has 0 spiro atoms. The molecule has 1 heterocycles. The predicted octanol–water partition coefficient (Wildman–Crippen LogP) is 4.51. The summed E-state index contributed by atoms with van der Waals surface area (Å²) in [7, 11) is 0. The predicted molar refractivity (Wildman–Crippen MR) is 110 cm³/mol. The fourth-order valence-electron chi connectivity index (χ4n) is 2.55. The van der Waals surface area contributed by atoms with Gasteiger partial charge < -0.3 is 10.1 Å². The molecule has 6 nitrogen and oxygen atoms in total. The van der Waals surface area contributed by atoms with Gasteiger partial charge in [-0.3, -0.25) is 9.48 Å². The number of benzene rings is 2. The first-order valence-electron chi connectivity index (χ1n) is 8.80. The summed E-state index contributed by atoms with van der Waals surface area (Å²) < 4.78 is 7.88. The summed E-state index contributed by atoms with van der Waals surface area (Å²) in [6.45, 7) is 4.22.